The molecule has 0 saturated carbocycles. The van der Waals surface area contributed by atoms with Crippen molar-refractivity contribution in [1.82, 2.24) is 9.88 Å². The average molecular weight is 222 g/mol. The molecule has 1 aliphatic rings. The summed E-state index contributed by atoms with van der Waals surface area (Å²) in [7, 11) is 1.49. The van der Waals surface area contributed by atoms with Gasteiger partial charge >= 0.3 is 0 Å². The monoisotopic (exact) mass is 222 g/mol. The van der Waals surface area contributed by atoms with Gasteiger partial charge in [-0.3, -0.25) is 14.5 Å². The van der Waals surface area contributed by atoms with Gasteiger partial charge in [-0.1, -0.05) is 0 Å². The van der Waals surface area contributed by atoms with Crippen molar-refractivity contribution in [2.24, 2.45) is 0 Å². The minimum absolute atomic E-state index is 0.240. The Kier molecular flexibility index (Phi) is 2.26. The molecule has 0 unspecified atom stereocenters. The van der Waals surface area contributed by atoms with E-state index < -0.39 is 0 Å². The minimum atomic E-state index is -0.258. The van der Waals surface area contributed by atoms with Gasteiger partial charge in [0.1, 0.15) is 5.03 Å². The van der Waals surface area contributed by atoms with Crippen LogP contribution < -0.4 is 0 Å². The van der Waals surface area contributed by atoms with Gasteiger partial charge in [0, 0.05) is 12.7 Å². The number of pyridine rings is 1. The van der Waals surface area contributed by atoms with Gasteiger partial charge in [0.05, 0.1) is 11.1 Å². The number of carbonyl (C=O) groups excluding carboxylic acids is 2. The first kappa shape index (κ1) is 10.2. The Hall–Kier alpha value is -1.36. The van der Waals surface area contributed by atoms with E-state index in [-0.39, 0.29) is 11.8 Å². The summed E-state index contributed by atoms with van der Waals surface area (Å²) >= 11 is 1.39. The number of hydrogen-bond acceptors (Lipinski definition) is 4. The van der Waals surface area contributed by atoms with Crippen LogP contribution in [0.5, 0.6) is 0 Å². The summed E-state index contributed by atoms with van der Waals surface area (Å²) in [6.07, 6.45) is 1.85. The third-order valence-electron chi connectivity index (χ3n) is 2.36. The first-order valence-electron chi connectivity index (χ1n) is 4.44. The largest absolute Gasteiger partial charge is 0.277 e. The zero-order valence-electron chi connectivity index (χ0n) is 8.70. The normalized spacial score (nSPS) is 14.7. The van der Waals surface area contributed by atoms with Crippen molar-refractivity contribution in [3.8, 4) is 0 Å². The predicted octanol–water partition coefficient (Wildman–Crippen LogP) is 1.34. The fourth-order valence-electron chi connectivity index (χ4n) is 1.61. The summed E-state index contributed by atoms with van der Waals surface area (Å²) in [4.78, 5) is 28.8. The summed E-state index contributed by atoms with van der Waals surface area (Å²) in [6, 6.07) is 1.67. The van der Waals surface area contributed by atoms with E-state index in [9.17, 15) is 9.59 Å². The molecule has 2 rings (SSSR count). The van der Waals surface area contributed by atoms with E-state index in [1.165, 1.54) is 18.8 Å². The van der Waals surface area contributed by atoms with Crippen LogP contribution in [0.2, 0.25) is 0 Å². The fraction of sp³-hybridized carbons (Fsp3) is 0.300. The van der Waals surface area contributed by atoms with Crippen LogP contribution in [0.4, 0.5) is 0 Å². The van der Waals surface area contributed by atoms with Gasteiger partial charge in [0.2, 0.25) is 0 Å². The van der Waals surface area contributed by atoms with Crippen molar-refractivity contribution in [3.63, 3.8) is 0 Å². The lowest BCUT2D eigenvalue weighted by molar-refractivity contribution is 0.0692. The standard InChI is InChI=1S/C10H10N2O2S/c1-5-4-6-7(8(11-5)15-3)10(14)12(2)9(6)13/h4H,1-3H3. The van der Waals surface area contributed by atoms with Crippen LogP contribution in [0.15, 0.2) is 11.1 Å². The quantitative estimate of drug-likeness (QED) is 0.531. The van der Waals surface area contributed by atoms with E-state index in [1.54, 1.807) is 6.07 Å². The molecule has 15 heavy (non-hydrogen) atoms. The Morgan fingerprint density at radius 1 is 1.33 bits per heavy atom. The molecular formula is C10H10N2O2S. The van der Waals surface area contributed by atoms with Crippen molar-refractivity contribution < 1.29 is 9.59 Å². The predicted molar refractivity (Wildman–Crippen MR) is 57.2 cm³/mol. The number of thioether (sulfide) groups is 1. The van der Waals surface area contributed by atoms with E-state index in [1.807, 2.05) is 13.2 Å². The number of rotatable bonds is 1. The van der Waals surface area contributed by atoms with Crippen molar-refractivity contribution >= 4 is 23.6 Å². The molecule has 0 saturated heterocycles. The number of aromatic nitrogens is 1. The molecule has 2 amide bonds. The van der Waals surface area contributed by atoms with Crippen LogP contribution in [0.1, 0.15) is 26.4 Å². The van der Waals surface area contributed by atoms with E-state index in [4.69, 9.17) is 0 Å². The van der Waals surface area contributed by atoms with Gasteiger partial charge in [-0.2, -0.15) is 0 Å². The smallest absolute Gasteiger partial charge is 0.264 e. The van der Waals surface area contributed by atoms with Gasteiger partial charge in [-0.15, -0.1) is 11.8 Å². The van der Waals surface area contributed by atoms with Gasteiger partial charge in [0.15, 0.2) is 0 Å². The highest BCUT2D eigenvalue weighted by molar-refractivity contribution is 7.98. The van der Waals surface area contributed by atoms with Crippen LogP contribution in [0.3, 0.4) is 0 Å². The molecular weight excluding hydrogens is 212 g/mol. The number of fused-ring (bicyclic) bond motifs is 1. The maximum absolute atomic E-state index is 11.7. The molecule has 2 heterocycles. The Morgan fingerprint density at radius 3 is 2.60 bits per heavy atom. The number of imide groups is 1. The van der Waals surface area contributed by atoms with Crippen LogP contribution in [-0.2, 0) is 0 Å². The number of carbonyl (C=O) groups is 2. The van der Waals surface area contributed by atoms with Crippen LogP contribution in [-0.4, -0.2) is 35.0 Å². The molecule has 0 aromatic carbocycles. The lowest BCUT2D eigenvalue weighted by Gasteiger charge is -2.03. The summed E-state index contributed by atoms with van der Waals surface area (Å²) in [5.74, 6) is -0.498. The molecule has 0 aliphatic carbocycles. The Balaban J connectivity index is 2.73. The molecule has 0 N–H and O–H groups in total. The van der Waals surface area contributed by atoms with E-state index in [2.05, 4.69) is 4.98 Å². The second-order valence-corrected chi connectivity index (χ2v) is 4.16. The second-order valence-electron chi connectivity index (χ2n) is 3.36. The molecule has 78 valence electrons. The summed E-state index contributed by atoms with van der Waals surface area (Å²) in [5, 5.41) is 0.632. The zero-order chi connectivity index (χ0) is 11.2. The van der Waals surface area contributed by atoms with Gasteiger partial charge in [-0.05, 0) is 19.2 Å². The molecule has 0 radical (unpaired) electrons. The average Bonchev–Trinajstić information content (AvgIpc) is 2.43. The highest BCUT2D eigenvalue weighted by Crippen LogP contribution is 2.29. The first-order valence-corrected chi connectivity index (χ1v) is 5.66. The van der Waals surface area contributed by atoms with Crippen molar-refractivity contribution in [3.05, 3.63) is 22.9 Å². The number of nitrogens with zero attached hydrogens (tertiary/aromatic N) is 2. The SMILES string of the molecule is CSc1nc(C)cc2c1C(=O)N(C)C2=O. The molecule has 0 spiro atoms. The molecule has 5 heteroatoms. The zero-order valence-corrected chi connectivity index (χ0v) is 9.51. The molecule has 0 bridgehead atoms. The topological polar surface area (TPSA) is 50.3 Å². The van der Waals surface area contributed by atoms with E-state index in [0.717, 1.165) is 10.6 Å². The van der Waals surface area contributed by atoms with Crippen molar-refractivity contribution in [2.75, 3.05) is 13.3 Å². The summed E-state index contributed by atoms with van der Waals surface area (Å²) in [6.45, 7) is 1.82. The number of aryl methyl sites for hydroxylation is 1. The van der Waals surface area contributed by atoms with Gasteiger partial charge in [0.25, 0.3) is 11.8 Å². The molecule has 4 nitrogen and oxygen atoms in total. The third-order valence-corrected chi connectivity index (χ3v) is 3.04. The summed E-state index contributed by atoms with van der Waals surface area (Å²) in [5.41, 5.74) is 1.68. The van der Waals surface area contributed by atoms with Crippen molar-refractivity contribution in [2.45, 2.75) is 11.9 Å². The highest BCUT2D eigenvalue weighted by atomic mass is 32.2. The van der Waals surface area contributed by atoms with Crippen LogP contribution >= 0.6 is 11.8 Å². The Bertz CT molecular complexity index is 471. The first-order chi connectivity index (χ1) is 7.06. The Morgan fingerprint density at radius 2 is 2.00 bits per heavy atom. The molecule has 1 aliphatic heterocycles. The fourth-order valence-corrected chi connectivity index (χ4v) is 2.24. The second kappa shape index (κ2) is 3.34. The Labute approximate surface area is 91.7 Å². The van der Waals surface area contributed by atoms with E-state index in [0.29, 0.717) is 16.2 Å². The molecule has 0 atom stereocenters. The van der Waals surface area contributed by atoms with Crippen molar-refractivity contribution in [1.29, 1.82) is 0 Å². The third kappa shape index (κ3) is 1.34. The lowest BCUT2D eigenvalue weighted by Crippen LogP contribution is -2.24. The highest BCUT2D eigenvalue weighted by Gasteiger charge is 2.35. The number of amides is 2. The van der Waals surface area contributed by atoms with Gasteiger partial charge in [-0.25, -0.2) is 4.98 Å². The maximum Gasteiger partial charge on any atom is 0.264 e. The van der Waals surface area contributed by atoms with E-state index >= 15 is 0 Å². The molecule has 1 aromatic heterocycles. The van der Waals surface area contributed by atoms with Crippen LogP contribution in [0.25, 0.3) is 0 Å². The number of hydrogen-bond donors (Lipinski definition) is 0. The minimum Gasteiger partial charge on any atom is -0.277 e. The van der Waals surface area contributed by atoms with Gasteiger partial charge < -0.3 is 0 Å². The molecule has 0 fully saturated rings. The summed E-state index contributed by atoms with van der Waals surface area (Å²) < 4.78 is 0. The lowest BCUT2D eigenvalue weighted by atomic mass is 10.1. The maximum atomic E-state index is 11.7. The van der Waals surface area contributed by atoms with Crippen LogP contribution in [0, 0.1) is 6.92 Å². The molecule has 1 aromatic rings.